The molecule has 0 spiro atoms. The Morgan fingerprint density at radius 2 is 1.83 bits per heavy atom. The fraction of sp³-hybridized carbons (Fsp3) is 0.421. The molecule has 2 amide bonds. The molecule has 0 aliphatic heterocycles. The van der Waals surface area contributed by atoms with Crippen LogP contribution in [0.25, 0.3) is 0 Å². The summed E-state index contributed by atoms with van der Waals surface area (Å²) in [6, 6.07) is 4.69. The first-order valence-electron chi connectivity index (χ1n) is 9.07. The van der Waals surface area contributed by atoms with Gasteiger partial charge in [0.2, 0.25) is 0 Å². The van der Waals surface area contributed by atoms with Gasteiger partial charge in [0, 0.05) is 4.88 Å². The van der Waals surface area contributed by atoms with Gasteiger partial charge in [-0.05, 0) is 43.0 Å². The molecule has 0 atom stereocenters. The van der Waals surface area contributed by atoms with E-state index in [1.54, 1.807) is 0 Å². The van der Waals surface area contributed by atoms with Crippen molar-refractivity contribution in [1.82, 2.24) is 10.3 Å². The number of aromatic nitrogens is 1. The third-order valence-electron chi connectivity index (χ3n) is 3.79. The van der Waals surface area contributed by atoms with E-state index >= 15 is 0 Å². The van der Waals surface area contributed by atoms with E-state index < -0.39 is 18.2 Å². The lowest BCUT2D eigenvalue weighted by Crippen LogP contribution is -2.28. The molecular weight excluding hydrogens is 423 g/mol. The van der Waals surface area contributed by atoms with Crippen LogP contribution in [0.5, 0.6) is 11.5 Å². The first-order valence-corrected chi connectivity index (χ1v) is 9.89. The predicted molar refractivity (Wildman–Crippen MR) is 104 cm³/mol. The van der Waals surface area contributed by atoms with Crippen molar-refractivity contribution in [2.45, 2.75) is 39.6 Å². The molecule has 0 saturated carbocycles. The average Bonchev–Trinajstić information content (AvgIpc) is 3.06. The second-order valence-corrected chi connectivity index (χ2v) is 7.93. The predicted octanol–water partition coefficient (Wildman–Crippen LogP) is 3.42. The third-order valence-corrected chi connectivity index (χ3v) is 4.90. The number of halogens is 3. The zero-order valence-corrected chi connectivity index (χ0v) is 17.2. The third kappa shape index (κ3) is 7.90. The topological polar surface area (TPSA) is 104 Å². The average molecular weight is 445 g/mol. The van der Waals surface area contributed by atoms with Crippen LogP contribution in [-0.4, -0.2) is 29.8 Å². The van der Waals surface area contributed by atoms with Crippen LogP contribution >= 0.6 is 11.3 Å². The molecule has 0 aliphatic rings. The van der Waals surface area contributed by atoms with Crippen LogP contribution in [0.3, 0.4) is 0 Å². The Balaban J connectivity index is 1.84. The molecule has 1 aromatic heterocycles. The number of ether oxygens (including phenoxy) is 2. The highest BCUT2D eigenvalue weighted by molar-refractivity contribution is 7.11. The number of alkyl halides is 3. The second kappa shape index (κ2) is 10.3. The summed E-state index contributed by atoms with van der Waals surface area (Å²) in [6.07, 6.45) is -3.21. The molecular formula is C19H22F3N3O4S. The van der Waals surface area contributed by atoms with Gasteiger partial charge < -0.3 is 20.5 Å². The van der Waals surface area contributed by atoms with Gasteiger partial charge in [-0.2, -0.15) is 0 Å². The van der Waals surface area contributed by atoms with Gasteiger partial charge in [0.25, 0.3) is 11.8 Å². The Kier molecular flexibility index (Phi) is 8.04. The molecule has 164 valence electrons. The first kappa shape index (κ1) is 23.5. The number of carbonyl (C=O) groups is 2. The number of amides is 2. The van der Waals surface area contributed by atoms with Gasteiger partial charge in [0.1, 0.15) is 22.2 Å². The highest BCUT2D eigenvalue weighted by atomic mass is 32.1. The highest BCUT2D eigenvalue weighted by Crippen LogP contribution is 2.25. The fourth-order valence-corrected chi connectivity index (χ4v) is 3.40. The van der Waals surface area contributed by atoms with E-state index in [1.807, 2.05) is 0 Å². The lowest BCUT2D eigenvalue weighted by molar-refractivity contribution is -0.274. The normalized spacial score (nSPS) is 11.4. The molecule has 1 aromatic carbocycles. The van der Waals surface area contributed by atoms with E-state index in [0.717, 1.165) is 23.4 Å². The maximum Gasteiger partial charge on any atom is 0.573 e. The van der Waals surface area contributed by atoms with Crippen LogP contribution in [0.15, 0.2) is 24.3 Å². The van der Waals surface area contributed by atoms with Crippen LogP contribution in [0, 0.1) is 5.92 Å². The van der Waals surface area contributed by atoms with E-state index in [2.05, 4.69) is 28.9 Å². The summed E-state index contributed by atoms with van der Waals surface area (Å²) in [7, 11) is 0. The van der Waals surface area contributed by atoms with Crippen molar-refractivity contribution in [1.29, 1.82) is 0 Å². The lowest BCUT2D eigenvalue weighted by Gasteiger charge is -2.10. The standard InChI is InChI=1S/C19H22F3N3O4S/c1-11(2)3-8-14-17(18(23)27)25-16(30-14)9-24-15(26)10-28-12-4-6-13(7-5-12)29-19(20,21)22/h4-7,11H,3,8-10H2,1-2H3,(H2,23,27)(H,24,26). The fourth-order valence-electron chi connectivity index (χ4n) is 2.37. The molecule has 2 aromatic rings. The Hall–Kier alpha value is -2.82. The summed E-state index contributed by atoms with van der Waals surface area (Å²) in [5, 5.41) is 3.16. The molecule has 1 heterocycles. The largest absolute Gasteiger partial charge is 0.573 e. The van der Waals surface area contributed by atoms with Gasteiger partial charge in [-0.25, -0.2) is 4.98 Å². The van der Waals surface area contributed by atoms with Gasteiger partial charge in [-0.3, -0.25) is 9.59 Å². The zero-order valence-electron chi connectivity index (χ0n) is 16.4. The van der Waals surface area contributed by atoms with Gasteiger partial charge >= 0.3 is 6.36 Å². The molecule has 30 heavy (non-hydrogen) atoms. The van der Waals surface area contributed by atoms with Gasteiger partial charge in [0.05, 0.1) is 6.54 Å². The van der Waals surface area contributed by atoms with Crippen LogP contribution in [-0.2, 0) is 17.8 Å². The molecule has 3 N–H and O–H groups in total. The molecule has 0 fully saturated rings. The number of nitrogens with two attached hydrogens (primary N) is 1. The van der Waals surface area contributed by atoms with Crippen molar-refractivity contribution < 1.29 is 32.2 Å². The molecule has 2 rings (SSSR count). The number of hydrogen-bond acceptors (Lipinski definition) is 6. The minimum Gasteiger partial charge on any atom is -0.484 e. The summed E-state index contributed by atoms with van der Waals surface area (Å²) in [5.41, 5.74) is 5.60. The maximum atomic E-state index is 12.1. The van der Waals surface area contributed by atoms with Gasteiger partial charge in [-0.15, -0.1) is 24.5 Å². The molecule has 0 bridgehead atoms. The van der Waals surface area contributed by atoms with Gasteiger partial charge in [0.15, 0.2) is 6.61 Å². The molecule has 0 unspecified atom stereocenters. The van der Waals surface area contributed by atoms with Crippen molar-refractivity contribution in [3.05, 3.63) is 39.8 Å². The van der Waals surface area contributed by atoms with Crippen LogP contribution in [0.4, 0.5) is 13.2 Å². The Labute approximate surface area is 175 Å². The van der Waals surface area contributed by atoms with E-state index in [0.29, 0.717) is 17.3 Å². The number of thiazole rings is 1. The van der Waals surface area contributed by atoms with Crippen LogP contribution in [0.1, 0.15) is 40.6 Å². The summed E-state index contributed by atoms with van der Waals surface area (Å²) >= 11 is 1.32. The zero-order chi connectivity index (χ0) is 22.3. The first-order chi connectivity index (χ1) is 14.0. The summed E-state index contributed by atoms with van der Waals surface area (Å²) < 4.78 is 45.4. The number of hydrogen-bond donors (Lipinski definition) is 2. The Morgan fingerprint density at radius 1 is 1.20 bits per heavy atom. The van der Waals surface area contributed by atoms with Crippen molar-refractivity contribution in [2.75, 3.05) is 6.61 Å². The quantitative estimate of drug-likeness (QED) is 0.583. The number of nitrogens with zero attached hydrogens (tertiary/aromatic N) is 1. The van der Waals surface area contributed by atoms with E-state index in [4.69, 9.17) is 10.5 Å². The van der Waals surface area contributed by atoms with Crippen molar-refractivity contribution in [2.24, 2.45) is 11.7 Å². The second-order valence-electron chi connectivity index (χ2n) is 6.76. The SMILES string of the molecule is CC(C)CCc1sc(CNC(=O)COc2ccc(OC(F)(F)F)cc2)nc1C(N)=O. The minimum absolute atomic E-state index is 0.104. The molecule has 7 nitrogen and oxygen atoms in total. The van der Waals surface area contributed by atoms with Gasteiger partial charge in [-0.1, -0.05) is 13.8 Å². The minimum atomic E-state index is -4.78. The van der Waals surface area contributed by atoms with Crippen LogP contribution in [0.2, 0.25) is 0 Å². The number of benzene rings is 1. The lowest BCUT2D eigenvalue weighted by atomic mass is 10.1. The monoisotopic (exact) mass is 445 g/mol. The number of aryl methyl sites for hydroxylation is 1. The number of primary amides is 1. The summed E-state index contributed by atoms with van der Waals surface area (Å²) in [4.78, 5) is 28.5. The Bertz CT molecular complexity index is 867. The highest BCUT2D eigenvalue weighted by Gasteiger charge is 2.31. The number of rotatable bonds is 10. The van der Waals surface area contributed by atoms with E-state index in [-0.39, 0.29) is 30.3 Å². The molecule has 0 radical (unpaired) electrons. The number of nitrogens with one attached hydrogen (secondary N) is 1. The summed E-state index contributed by atoms with van der Waals surface area (Å²) in [5.74, 6) is -0.779. The molecule has 0 aliphatic carbocycles. The van der Waals surface area contributed by atoms with Crippen molar-refractivity contribution in [3.63, 3.8) is 0 Å². The van der Waals surface area contributed by atoms with Crippen molar-refractivity contribution >= 4 is 23.2 Å². The Morgan fingerprint density at radius 3 is 2.40 bits per heavy atom. The van der Waals surface area contributed by atoms with Crippen LogP contribution < -0.4 is 20.5 Å². The van der Waals surface area contributed by atoms with Crippen molar-refractivity contribution in [3.8, 4) is 11.5 Å². The van der Waals surface area contributed by atoms with E-state index in [1.165, 1.54) is 23.5 Å². The number of carbonyl (C=O) groups excluding carboxylic acids is 2. The van der Waals surface area contributed by atoms with E-state index in [9.17, 15) is 22.8 Å². The molecule has 0 saturated heterocycles. The maximum absolute atomic E-state index is 12.1. The summed E-state index contributed by atoms with van der Waals surface area (Å²) in [6.45, 7) is 3.91. The molecule has 11 heteroatoms. The smallest absolute Gasteiger partial charge is 0.484 e.